The lowest BCUT2D eigenvalue weighted by Crippen LogP contribution is -2.13. The molecule has 0 aromatic heterocycles. The topological polar surface area (TPSA) is 12.0 Å². The third-order valence-corrected chi connectivity index (χ3v) is 3.48. The predicted octanol–water partition coefficient (Wildman–Crippen LogP) is 4.47. The molecule has 100 valence electrons. The Kier molecular flexibility index (Phi) is 4.75. The van der Waals surface area contributed by atoms with E-state index in [-0.39, 0.29) is 0 Å². The Labute approximate surface area is 116 Å². The summed E-state index contributed by atoms with van der Waals surface area (Å²) in [4.78, 5) is 0. The zero-order valence-electron chi connectivity index (χ0n) is 12.2. The van der Waals surface area contributed by atoms with Gasteiger partial charge in [0.25, 0.3) is 0 Å². The van der Waals surface area contributed by atoms with Gasteiger partial charge in [-0.1, -0.05) is 49.4 Å². The monoisotopic (exact) mass is 253 g/mol. The molecule has 0 aliphatic carbocycles. The first-order valence-corrected chi connectivity index (χ1v) is 7.08. The van der Waals surface area contributed by atoms with Crippen LogP contribution in [-0.2, 0) is 6.54 Å². The smallest absolute Gasteiger partial charge is 0.0205 e. The van der Waals surface area contributed by atoms with Gasteiger partial charge in [-0.05, 0) is 54.6 Å². The molecule has 1 nitrogen and oxygen atoms in total. The molecule has 2 aromatic carbocycles. The van der Waals surface area contributed by atoms with Crippen molar-refractivity contribution in [1.82, 2.24) is 5.32 Å². The van der Waals surface area contributed by atoms with Gasteiger partial charge >= 0.3 is 0 Å². The Morgan fingerprint density at radius 3 is 2.32 bits per heavy atom. The largest absolute Gasteiger partial charge is 0.313 e. The van der Waals surface area contributed by atoms with Crippen LogP contribution in [0.3, 0.4) is 0 Å². The maximum Gasteiger partial charge on any atom is 0.0205 e. The second-order valence-corrected chi connectivity index (χ2v) is 5.14. The van der Waals surface area contributed by atoms with Gasteiger partial charge in [-0.25, -0.2) is 0 Å². The second-order valence-electron chi connectivity index (χ2n) is 5.14. The van der Waals surface area contributed by atoms with Gasteiger partial charge in [0.2, 0.25) is 0 Å². The predicted molar refractivity (Wildman–Crippen MR) is 83.3 cm³/mol. The van der Waals surface area contributed by atoms with E-state index in [0.29, 0.717) is 0 Å². The van der Waals surface area contributed by atoms with Crippen LogP contribution in [-0.4, -0.2) is 6.54 Å². The lowest BCUT2D eigenvalue weighted by molar-refractivity contribution is 0.675. The average Bonchev–Trinajstić information content (AvgIpc) is 2.40. The minimum atomic E-state index is 0.961. The van der Waals surface area contributed by atoms with Crippen LogP contribution < -0.4 is 5.32 Å². The second kappa shape index (κ2) is 6.53. The number of hydrogen-bond donors (Lipinski definition) is 1. The maximum absolute atomic E-state index is 3.45. The molecular formula is C18H23N. The molecule has 0 aliphatic heterocycles. The van der Waals surface area contributed by atoms with E-state index in [1.807, 2.05) is 0 Å². The molecule has 19 heavy (non-hydrogen) atoms. The molecule has 0 amide bonds. The molecule has 0 radical (unpaired) electrons. The fourth-order valence-corrected chi connectivity index (χ4v) is 2.42. The number of nitrogens with one attached hydrogen (secondary N) is 1. The van der Waals surface area contributed by atoms with Gasteiger partial charge < -0.3 is 5.32 Å². The van der Waals surface area contributed by atoms with E-state index in [9.17, 15) is 0 Å². The van der Waals surface area contributed by atoms with E-state index >= 15 is 0 Å². The SMILES string of the molecule is CCCNCc1ccc(-c2ccccc2C)c(C)c1. The summed E-state index contributed by atoms with van der Waals surface area (Å²) in [5.74, 6) is 0. The Bertz CT molecular complexity index is 543. The van der Waals surface area contributed by atoms with Gasteiger partial charge in [-0.15, -0.1) is 0 Å². The number of hydrogen-bond acceptors (Lipinski definition) is 1. The highest BCUT2D eigenvalue weighted by Gasteiger charge is 2.05. The number of benzene rings is 2. The first-order chi connectivity index (χ1) is 9.22. The molecule has 0 spiro atoms. The molecule has 1 heteroatoms. The molecule has 0 heterocycles. The zero-order valence-corrected chi connectivity index (χ0v) is 12.2. The Hall–Kier alpha value is -1.60. The Morgan fingerprint density at radius 1 is 0.895 bits per heavy atom. The van der Waals surface area contributed by atoms with Crippen LogP contribution in [0, 0.1) is 13.8 Å². The van der Waals surface area contributed by atoms with E-state index in [4.69, 9.17) is 0 Å². The van der Waals surface area contributed by atoms with Crippen molar-refractivity contribution >= 4 is 0 Å². The number of rotatable bonds is 5. The molecule has 0 bridgehead atoms. The lowest BCUT2D eigenvalue weighted by atomic mass is 9.95. The van der Waals surface area contributed by atoms with Crippen molar-refractivity contribution in [2.75, 3.05) is 6.54 Å². The molecule has 0 unspecified atom stereocenters. The van der Waals surface area contributed by atoms with Crippen LogP contribution in [0.25, 0.3) is 11.1 Å². The minimum Gasteiger partial charge on any atom is -0.313 e. The highest BCUT2D eigenvalue weighted by atomic mass is 14.8. The fraction of sp³-hybridized carbons (Fsp3) is 0.333. The third kappa shape index (κ3) is 3.45. The first kappa shape index (κ1) is 13.8. The minimum absolute atomic E-state index is 0.961. The summed E-state index contributed by atoms with van der Waals surface area (Å²) in [6, 6.07) is 15.4. The standard InChI is InChI=1S/C18H23N/c1-4-11-19-13-16-9-10-18(15(3)12-16)17-8-6-5-7-14(17)2/h5-10,12,19H,4,11,13H2,1-3H3. The lowest BCUT2D eigenvalue weighted by Gasteiger charge is -2.11. The molecule has 0 saturated carbocycles. The van der Waals surface area contributed by atoms with Crippen molar-refractivity contribution in [3.63, 3.8) is 0 Å². The highest BCUT2D eigenvalue weighted by molar-refractivity contribution is 5.70. The third-order valence-electron chi connectivity index (χ3n) is 3.48. The molecule has 0 aliphatic rings. The number of aryl methyl sites for hydroxylation is 2. The summed E-state index contributed by atoms with van der Waals surface area (Å²) in [5.41, 5.74) is 6.74. The Morgan fingerprint density at radius 2 is 1.63 bits per heavy atom. The summed E-state index contributed by atoms with van der Waals surface area (Å²) >= 11 is 0. The van der Waals surface area contributed by atoms with Crippen LogP contribution in [0.5, 0.6) is 0 Å². The summed E-state index contributed by atoms with van der Waals surface area (Å²) in [5, 5.41) is 3.45. The van der Waals surface area contributed by atoms with E-state index in [1.165, 1.54) is 34.2 Å². The molecule has 0 fully saturated rings. The summed E-state index contributed by atoms with van der Waals surface area (Å²) in [6.07, 6.45) is 1.18. The van der Waals surface area contributed by atoms with E-state index in [0.717, 1.165) is 13.1 Å². The molecule has 2 aromatic rings. The Balaban J connectivity index is 2.22. The highest BCUT2D eigenvalue weighted by Crippen LogP contribution is 2.27. The molecule has 1 N–H and O–H groups in total. The summed E-state index contributed by atoms with van der Waals surface area (Å²) in [6.45, 7) is 8.61. The van der Waals surface area contributed by atoms with Gasteiger partial charge in [0, 0.05) is 6.54 Å². The van der Waals surface area contributed by atoms with Crippen molar-refractivity contribution < 1.29 is 0 Å². The van der Waals surface area contributed by atoms with Crippen LogP contribution in [0.2, 0.25) is 0 Å². The first-order valence-electron chi connectivity index (χ1n) is 7.08. The average molecular weight is 253 g/mol. The van der Waals surface area contributed by atoms with Crippen LogP contribution in [0.1, 0.15) is 30.0 Å². The summed E-state index contributed by atoms with van der Waals surface area (Å²) in [7, 11) is 0. The van der Waals surface area contributed by atoms with Crippen molar-refractivity contribution in [1.29, 1.82) is 0 Å². The van der Waals surface area contributed by atoms with Crippen LogP contribution in [0.15, 0.2) is 42.5 Å². The van der Waals surface area contributed by atoms with E-state index in [2.05, 4.69) is 68.6 Å². The van der Waals surface area contributed by atoms with E-state index in [1.54, 1.807) is 0 Å². The van der Waals surface area contributed by atoms with Gasteiger partial charge in [0.15, 0.2) is 0 Å². The fourth-order valence-electron chi connectivity index (χ4n) is 2.42. The van der Waals surface area contributed by atoms with Gasteiger partial charge in [0.05, 0.1) is 0 Å². The van der Waals surface area contributed by atoms with Crippen molar-refractivity contribution in [3.8, 4) is 11.1 Å². The maximum atomic E-state index is 3.45. The summed E-state index contributed by atoms with van der Waals surface area (Å²) < 4.78 is 0. The molecular weight excluding hydrogens is 230 g/mol. The van der Waals surface area contributed by atoms with Gasteiger partial charge in [-0.3, -0.25) is 0 Å². The molecule has 2 rings (SSSR count). The van der Waals surface area contributed by atoms with Crippen molar-refractivity contribution in [2.24, 2.45) is 0 Å². The van der Waals surface area contributed by atoms with Crippen LogP contribution >= 0.6 is 0 Å². The normalized spacial score (nSPS) is 10.7. The zero-order chi connectivity index (χ0) is 13.7. The van der Waals surface area contributed by atoms with Crippen molar-refractivity contribution in [2.45, 2.75) is 33.7 Å². The van der Waals surface area contributed by atoms with Gasteiger partial charge in [-0.2, -0.15) is 0 Å². The van der Waals surface area contributed by atoms with Gasteiger partial charge in [0.1, 0.15) is 0 Å². The van der Waals surface area contributed by atoms with Crippen molar-refractivity contribution in [3.05, 3.63) is 59.2 Å². The van der Waals surface area contributed by atoms with Crippen LogP contribution in [0.4, 0.5) is 0 Å². The molecule has 0 saturated heterocycles. The quantitative estimate of drug-likeness (QED) is 0.775. The molecule has 0 atom stereocenters. The van der Waals surface area contributed by atoms with E-state index < -0.39 is 0 Å².